The first-order chi connectivity index (χ1) is 10.9. The average Bonchev–Trinajstić information content (AvgIpc) is 2.68. The van der Waals surface area contributed by atoms with Gasteiger partial charge in [0.1, 0.15) is 22.5 Å². The normalized spacial score (nSPS) is 12.2. The van der Waals surface area contributed by atoms with Gasteiger partial charge in [-0.1, -0.05) is 0 Å². The van der Waals surface area contributed by atoms with Crippen LogP contribution >= 0.6 is 0 Å². The Labute approximate surface area is 139 Å². The van der Waals surface area contributed by atoms with Crippen LogP contribution in [0.1, 0.15) is 36.9 Å². The Morgan fingerprint density at radius 1 is 1.21 bits per heavy atom. The van der Waals surface area contributed by atoms with Crippen molar-refractivity contribution in [1.29, 1.82) is 0 Å². The van der Waals surface area contributed by atoms with E-state index in [9.17, 15) is 17.8 Å². The topological polar surface area (TPSA) is 115 Å². The summed E-state index contributed by atoms with van der Waals surface area (Å²) >= 11 is 0. The zero-order valence-electron chi connectivity index (χ0n) is 13.8. The molecule has 0 amide bonds. The van der Waals surface area contributed by atoms with Crippen molar-refractivity contribution in [3.63, 3.8) is 0 Å². The number of carbonyl (C=O) groups excluding carboxylic acids is 1. The van der Waals surface area contributed by atoms with Crippen molar-refractivity contribution in [2.45, 2.75) is 33.3 Å². The van der Waals surface area contributed by atoms with Gasteiger partial charge < -0.3 is 22.6 Å². The van der Waals surface area contributed by atoms with Crippen LogP contribution in [0.4, 0.5) is 0 Å². The molecule has 0 aliphatic carbocycles. The average molecular weight is 357 g/mol. The van der Waals surface area contributed by atoms with E-state index in [1.165, 1.54) is 19.2 Å². The fourth-order valence-corrected chi connectivity index (χ4v) is 2.49. The van der Waals surface area contributed by atoms with E-state index >= 15 is 0 Å². The quantitative estimate of drug-likeness (QED) is 0.466. The third-order valence-electron chi connectivity index (χ3n) is 2.95. The number of hydrogen-bond donors (Lipinski definition) is 0. The SMILES string of the molecule is COc1cc2oc(C)c(C(=O)OC(C)(C)C)c2cc1OS(=O)(=O)[O-]. The third kappa shape index (κ3) is 3.98. The van der Waals surface area contributed by atoms with E-state index in [1.54, 1.807) is 27.7 Å². The molecule has 0 radical (unpaired) electrons. The highest BCUT2D eigenvalue weighted by Crippen LogP contribution is 2.37. The van der Waals surface area contributed by atoms with E-state index in [4.69, 9.17) is 13.9 Å². The lowest BCUT2D eigenvalue weighted by atomic mass is 10.1. The summed E-state index contributed by atoms with van der Waals surface area (Å²) in [5.41, 5.74) is -0.339. The number of carbonyl (C=O) groups is 1. The van der Waals surface area contributed by atoms with Gasteiger partial charge in [-0.2, -0.15) is 0 Å². The van der Waals surface area contributed by atoms with Gasteiger partial charge in [0.2, 0.25) is 0 Å². The van der Waals surface area contributed by atoms with Gasteiger partial charge in [0, 0.05) is 11.5 Å². The minimum absolute atomic E-state index is 0.0218. The van der Waals surface area contributed by atoms with Gasteiger partial charge in [-0.25, -0.2) is 13.2 Å². The van der Waals surface area contributed by atoms with Crippen LogP contribution in [0.25, 0.3) is 11.0 Å². The van der Waals surface area contributed by atoms with Gasteiger partial charge in [-0.15, -0.1) is 0 Å². The first kappa shape index (κ1) is 18.1. The van der Waals surface area contributed by atoms with E-state index in [1.807, 2.05) is 0 Å². The number of rotatable bonds is 4. The fraction of sp³-hybridized carbons (Fsp3) is 0.400. The maximum Gasteiger partial charge on any atom is 0.342 e. The summed E-state index contributed by atoms with van der Waals surface area (Å²) in [6.07, 6.45) is 0. The molecule has 0 aliphatic heterocycles. The molecular formula is C15H17O8S-. The van der Waals surface area contributed by atoms with Gasteiger partial charge in [0.25, 0.3) is 10.4 Å². The summed E-state index contributed by atoms with van der Waals surface area (Å²) in [5.74, 6) is -0.722. The molecule has 0 fully saturated rings. The summed E-state index contributed by atoms with van der Waals surface area (Å²) in [6.45, 7) is 6.70. The van der Waals surface area contributed by atoms with Crippen molar-refractivity contribution >= 4 is 27.3 Å². The monoisotopic (exact) mass is 357 g/mol. The zero-order valence-corrected chi connectivity index (χ0v) is 14.6. The smallest absolute Gasteiger partial charge is 0.342 e. The maximum atomic E-state index is 12.4. The summed E-state index contributed by atoms with van der Waals surface area (Å²) in [7, 11) is -3.74. The molecule has 24 heavy (non-hydrogen) atoms. The predicted molar refractivity (Wildman–Crippen MR) is 83.0 cm³/mol. The van der Waals surface area contributed by atoms with Crippen LogP contribution in [-0.2, 0) is 15.1 Å². The van der Waals surface area contributed by atoms with Gasteiger partial charge in [0.05, 0.1) is 7.11 Å². The van der Waals surface area contributed by atoms with Crippen molar-refractivity contribution in [1.82, 2.24) is 0 Å². The molecule has 0 bridgehead atoms. The van der Waals surface area contributed by atoms with Gasteiger partial charge in [0.15, 0.2) is 11.5 Å². The molecule has 1 aromatic heterocycles. The Hall–Kier alpha value is -2.26. The van der Waals surface area contributed by atoms with Crippen molar-refractivity contribution in [3.05, 3.63) is 23.5 Å². The molecule has 2 rings (SSSR count). The van der Waals surface area contributed by atoms with Gasteiger partial charge >= 0.3 is 5.97 Å². The number of benzene rings is 1. The molecule has 8 nitrogen and oxygen atoms in total. The minimum atomic E-state index is -5.01. The minimum Gasteiger partial charge on any atom is -0.716 e. The summed E-state index contributed by atoms with van der Waals surface area (Å²) in [6, 6.07) is 2.52. The number of methoxy groups -OCH3 is 1. The third-order valence-corrected chi connectivity index (χ3v) is 3.33. The Balaban J connectivity index is 2.63. The standard InChI is InChI=1S/C15H18O8S/c1-8-13(14(16)22-15(2,3)4)9-6-12(23-24(17,18)19)11(20-5)7-10(9)21-8/h6-7H,1-5H3,(H,17,18,19)/p-1. The molecule has 132 valence electrons. The summed E-state index contributed by atoms with van der Waals surface area (Å²) in [4.78, 5) is 12.4. The van der Waals surface area contributed by atoms with Crippen molar-refractivity contribution < 1.29 is 35.8 Å². The number of aryl methyl sites for hydroxylation is 1. The molecular weight excluding hydrogens is 340 g/mol. The Morgan fingerprint density at radius 2 is 1.83 bits per heavy atom. The molecule has 9 heteroatoms. The number of furan rings is 1. The maximum absolute atomic E-state index is 12.4. The highest BCUT2D eigenvalue weighted by molar-refractivity contribution is 7.81. The van der Waals surface area contributed by atoms with Crippen LogP contribution in [0.3, 0.4) is 0 Å². The lowest BCUT2D eigenvalue weighted by molar-refractivity contribution is 0.00698. The van der Waals surface area contributed by atoms with Crippen LogP contribution in [0, 0.1) is 6.92 Å². The second-order valence-corrected chi connectivity index (χ2v) is 7.01. The first-order valence-electron chi connectivity index (χ1n) is 6.91. The molecule has 0 saturated heterocycles. The second-order valence-electron chi connectivity index (χ2n) is 6.03. The van der Waals surface area contributed by atoms with E-state index in [-0.39, 0.29) is 33.8 Å². The Morgan fingerprint density at radius 3 is 2.33 bits per heavy atom. The second kappa shape index (κ2) is 5.99. The lowest BCUT2D eigenvalue weighted by Crippen LogP contribution is -2.24. The predicted octanol–water partition coefficient (Wildman–Crippen LogP) is 2.54. The van der Waals surface area contributed by atoms with Crippen LogP contribution in [0.5, 0.6) is 11.5 Å². The molecule has 0 unspecified atom stereocenters. The van der Waals surface area contributed by atoms with E-state index in [0.29, 0.717) is 0 Å². The molecule has 0 atom stereocenters. The molecule has 0 N–H and O–H groups in total. The number of hydrogen-bond acceptors (Lipinski definition) is 8. The number of ether oxygens (including phenoxy) is 2. The Kier molecular flexibility index (Phi) is 4.51. The van der Waals surface area contributed by atoms with Gasteiger partial charge in [-0.3, -0.25) is 0 Å². The largest absolute Gasteiger partial charge is 0.716 e. The molecule has 1 aromatic carbocycles. The van der Waals surface area contributed by atoms with Crippen LogP contribution in [0.15, 0.2) is 16.5 Å². The highest BCUT2D eigenvalue weighted by Gasteiger charge is 2.26. The molecule has 0 spiro atoms. The summed E-state index contributed by atoms with van der Waals surface area (Å²) in [5, 5.41) is 0.251. The van der Waals surface area contributed by atoms with Gasteiger partial charge in [-0.05, 0) is 33.8 Å². The first-order valence-corrected chi connectivity index (χ1v) is 8.24. The number of esters is 1. The lowest BCUT2D eigenvalue weighted by Gasteiger charge is -2.19. The molecule has 0 saturated carbocycles. The fourth-order valence-electron chi connectivity index (χ4n) is 2.14. The molecule has 0 aliphatic rings. The molecule has 2 aromatic rings. The Bertz CT molecular complexity index is 886. The molecule has 1 heterocycles. The van der Waals surface area contributed by atoms with E-state index in [0.717, 1.165) is 0 Å². The van der Waals surface area contributed by atoms with Crippen LogP contribution < -0.4 is 8.92 Å². The number of fused-ring (bicyclic) bond motifs is 1. The van der Waals surface area contributed by atoms with Crippen LogP contribution in [-0.4, -0.2) is 31.7 Å². The van der Waals surface area contributed by atoms with Crippen LogP contribution in [0.2, 0.25) is 0 Å². The zero-order chi connectivity index (χ0) is 18.3. The van der Waals surface area contributed by atoms with Crippen molar-refractivity contribution in [3.8, 4) is 11.5 Å². The highest BCUT2D eigenvalue weighted by atomic mass is 32.3. The van der Waals surface area contributed by atoms with Crippen molar-refractivity contribution in [2.75, 3.05) is 7.11 Å². The van der Waals surface area contributed by atoms with E-state index < -0.39 is 22.0 Å². The summed E-state index contributed by atoms with van der Waals surface area (Å²) < 4.78 is 52.8. The van der Waals surface area contributed by atoms with E-state index in [2.05, 4.69) is 4.18 Å². The van der Waals surface area contributed by atoms with Crippen molar-refractivity contribution in [2.24, 2.45) is 0 Å².